The number of pyridine rings is 1. The van der Waals surface area contributed by atoms with Gasteiger partial charge in [-0.2, -0.15) is 5.10 Å². The number of hydrogen-bond donors (Lipinski definition) is 2. The van der Waals surface area contributed by atoms with Crippen molar-refractivity contribution in [1.29, 1.82) is 0 Å². The van der Waals surface area contributed by atoms with Gasteiger partial charge in [-0.05, 0) is 43.7 Å². The van der Waals surface area contributed by atoms with Gasteiger partial charge in [0, 0.05) is 42.7 Å². The molecule has 1 aromatic carbocycles. The number of benzene rings is 1. The number of aromatic amines is 1. The lowest BCUT2D eigenvalue weighted by Crippen LogP contribution is -2.30. The fourth-order valence-corrected chi connectivity index (χ4v) is 3.39. The van der Waals surface area contributed by atoms with Gasteiger partial charge in [0.1, 0.15) is 11.6 Å². The molecule has 3 heterocycles. The van der Waals surface area contributed by atoms with Gasteiger partial charge in [-0.25, -0.2) is 9.37 Å². The van der Waals surface area contributed by atoms with Crippen molar-refractivity contribution >= 4 is 5.91 Å². The molecule has 1 atom stereocenters. The van der Waals surface area contributed by atoms with Crippen LogP contribution in [0.4, 0.5) is 4.39 Å². The van der Waals surface area contributed by atoms with Crippen molar-refractivity contribution in [2.75, 3.05) is 0 Å². The molecule has 0 saturated heterocycles. The molecular weight excluding hydrogens is 423 g/mol. The quantitative estimate of drug-likeness (QED) is 0.452. The highest BCUT2D eigenvalue weighted by atomic mass is 19.1. The standard InChI is InChI=1S/C24H23FN6O2/c1-15(2)31-14-18(13-27-31)24(33)29-21(16-3-5-19(25)6-4-16)11-20-12-22(32)30-23(28-20)17-7-9-26-10-8-17/h3-10,12-15,21H,11H2,1-2H3,(H,29,33)(H,28,30,32)/t21-/m0/s1. The maximum absolute atomic E-state index is 13.5. The Kier molecular flexibility index (Phi) is 6.39. The first kappa shape index (κ1) is 22.1. The largest absolute Gasteiger partial charge is 0.345 e. The number of hydrogen-bond acceptors (Lipinski definition) is 5. The SMILES string of the molecule is CC(C)n1cc(C(=O)N[C@@H](Cc2cc(=O)[nH]c(-c3ccncc3)n2)c2ccc(F)cc2)cn1. The molecule has 33 heavy (non-hydrogen) atoms. The van der Waals surface area contributed by atoms with E-state index in [2.05, 4.69) is 25.4 Å². The van der Waals surface area contributed by atoms with Crippen LogP contribution in [0.1, 0.15) is 47.5 Å². The molecule has 4 rings (SSSR count). The molecule has 8 nitrogen and oxygen atoms in total. The first-order chi connectivity index (χ1) is 15.9. The Morgan fingerprint density at radius 1 is 1.15 bits per heavy atom. The fraction of sp³-hybridized carbons (Fsp3) is 0.208. The predicted octanol–water partition coefficient (Wildman–Crippen LogP) is 3.46. The van der Waals surface area contributed by atoms with Crippen LogP contribution in [-0.2, 0) is 6.42 Å². The van der Waals surface area contributed by atoms with E-state index in [4.69, 9.17) is 0 Å². The third-order valence-electron chi connectivity index (χ3n) is 5.13. The summed E-state index contributed by atoms with van der Waals surface area (Å²) in [7, 11) is 0. The highest BCUT2D eigenvalue weighted by Crippen LogP contribution is 2.20. The van der Waals surface area contributed by atoms with Crippen LogP contribution in [0.25, 0.3) is 11.4 Å². The minimum Gasteiger partial charge on any atom is -0.345 e. The Bertz CT molecular complexity index is 1300. The molecule has 2 N–H and O–H groups in total. The number of rotatable bonds is 7. The van der Waals surface area contributed by atoms with E-state index in [1.807, 2.05) is 13.8 Å². The second-order valence-corrected chi connectivity index (χ2v) is 7.91. The second kappa shape index (κ2) is 9.56. The highest BCUT2D eigenvalue weighted by molar-refractivity contribution is 5.94. The molecule has 1 amide bonds. The zero-order valence-corrected chi connectivity index (χ0v) is 18.2. The lowest BCUT2D eigenvalue weighted by molar-refractivity contribution is 0.0936. The minimum absolute atomic E-state index is 0.117. The number of H-pyrrole nitrogens is 1. The van der Waals surface area contributed by atoms with Crippen LogP contribution in [0.2, 0.25) is 0 Å². The number of nitrogens with one attached hydrogen (secondary N) is 2. The maximum atomic E-state index is 13.5. The van der Waals surface area contributed by atoms with E-state index in [1.54, 1.807) is 47.5 Å². The van der Waals surface area contributed by atoms with Gasteiger partial charge in [0.25, 0.3) is 11.5 Å². The number of carbonyl (C=O) groups excluding carboxylic acids is 1. The summed E-state index contributed by atoms with van der Waals surface area (Å²) in [4.78, 5) is 36.5. The second-order valence-electron chi connectivity index (χ2n) is 7.91. The van der Waals surface area contributed by atoms with Gasteiger partial charge < -0.3 is 10.3 Å². The van der Waals surface area contributed by atoms with Crippen LogP contribution < -0.4 is 10.9 Å². The van der Waals surface area contributed by atoms with Gasteiger partial charge in [0.05, 0.1) is 23.5 Å². The minimum atomic E-state index is -0.542. The van der Waals surface area contributed by atoms with Gasteiger partial charge in [-0.3, -0.25) is 19.3 Å². The van der Waals surface area contributed by atoms with Crippen molar-refractivity contribution in [1.82, 2.24) is 30.0 Å². The lowest BCUT2D eigenvalue weighted by Gasteiger charge is -2.19. The molecule has 0 aliphatic heterocycles. The monoisotopic (exact) mass is 446 g/mol. The summed E-state index contributed by atoms with van der Waals surface area (Å²) in [5.41, 5.74) is 1.99. The number of carbonyl (C=O) groups is 1. The van der Waals surface area contributed by atoms with Crippen molar-refractivity contribution in [3.63, 3.8) is 0 Å². The molecule has 0 bridgehead atoms. The Balaban J connectivity index is 1.64. The number of amides is 1. The van der Waals surface area contributed by atoms with Gasteiger partial charge in [0.2, 0.25) is 0 Å². The van der Waals surface area contributed by atoms with E-state index < -0.39 is 6.04 Å². The Morgan fingerprint density at radius 3 is 2.55 bits per heavy atom. The molecule has 0 saturated carbocycles. The van der Waals surface area contributed by atoms with E-state index in [9.17, 15) is 14.0 Å². The highest BCUT2D eigenvalue weighted by Gasteiger charge is 2.19. The van der Waals surface area contributed by atoms with E-state index in [0.29, 0.717) is 28.2 Å². The molecule has 0 fully saturated rings. The van der Waals surface area contributed by atoms with Crippen molar-refractivity contribution in [2.45, 2.75) is 32.4 Å². The van der Waals surface area contributed by atoms with Crippen molar-refractivity contribution in [3.8, 4) is 11.4 Å². The average Bonchev–Trinajstić information content (AvgIpc) is 3.30. The summed E-state index contributed by atoms with van der Waals surface area (Å²) < 4.78 is 15.2. The topological polar surface area (TPSA) is 106 Å². The van der Waals surface area contributed by atoms with E-state index in [0.717, 1.165) is 0 Å². The molecule has 168 valence electrons. The normalized spacial score (nSPS) is 12.0. The number of nitrogens with zero attached hydrogens (tertiary/aromatic N) is 4. The third kappa shape index (κ3) is 5.38. The summed E-state index contributed by atoms with van der Waals surface area (Å²) in [5, 5.41) is 7.18. The number of aromatic nitrogens is 5. The van der Waals surface area contributed by atoms with Crippen molar-refractivity contribution < 1.29 is 9.18 Å². The summed E-state index contributed by atoms with van der Waals surface area (Å²) in [6, 6.07) is 10.3. The average molecular weight is 446 g/mol. The van der Waals surface area contributed by atoms with Crippen LogP contribution in [0, 0.1) is 5.82 Å². The van der Waals surface area contributed by atoms with E-state index >= 15 is 0 Å². The van der Waals surface area contributed by atoms with Crippen LogP contribution in [0.5, 0.6) is 0 Å². The summed E-state index contributed by atoms with van der Waals surface area (Å²) in [6.45, 7) is 3.93. The fourth-order valence-electron chi connectivity index (χ4n) is 3.39. The van der Waals surface area contributed by atoms with Crippen molar-refractivity contribution in [2.24, 2.45) is 0 Å². The zero-order chi connectivity index (χ0) is 23.4. The van der Waals surface area contributed by atoms with Gasteiger partial charge >= 0.3 is 0 Å². The lowest BCUT2D eigenvalue weighted by atomic mass is 10.0. The third-order valence-corrected chi connectivity index (χ3v) is 5.13. The smallest absolute Gasteiger partial charge is 0.254 e. The molecule has 0 radical (unpaired) electrons. The summed E-state index contributed by atoms with van der Waals surface area (Å²) in [5.74, 6) is -0.297. The molecule has 4 aromatic rings. The Labute approximate surface area is 189 Å². The zero-order valence-electron chi connectivity index (χ0n) is 18.2. The molecule has 9 heteroatoms. The molecule has 0 unspecified atom stereocenters. The van der Waals surface area contributed by atoms with Gasteiger partial charge in [0.15, 0.2) is 0 Å². The maximum Gasteiger partial charge on any atom is 0.254 e. The van der Waals surface area contributed by atoms with Gasteiger partial charge in [-0.15, -0.1) is 0 Å². The Hall–Kier alpha value is -4.14. The van der Waals surface area contributed by atoms with Crippen LogP contribution in [0.3, 0.4) is 0 Å². The van der Waals surface area contributed by atoms with Crippen LogP contribution in [-0.4, -0.2) is 30.6 Å². The van der Waals surface area contributed by atoms with Crippen LogP contribution >= 0.6 is 0 Å². The first-order valence-corrected chi connectivity index (χ1v) is 10.5. The summed E-state index contributed by atoms with van der Waals surface area (Å²) in [6.07, 6.45) is 6.64. The molecular formula is C24H23FN6O2. The molecule has 0 aliphatic rings. The Morgan fingerprint density at radius 2 is 1.88 bits per heavy atom. The first-order valence-electron chi connectivity index (χ1n) is 10.5. The van der Waals surface area contributed by atoms with Crippen LogP contribution in [0.15, 0.2) is 72.0 Å². The van der Waals surface area contributed by atoms with Crippen molar-refractivity contribution in [3.05, 3.63) is 100 Å². The molecule has 3 aromatic heterocycles. The predicted molar refractivity (Wildman–Crippen MR) is 121 cm³/mol. The molecule has 0 spiro atoms. The summed E-state index contributed by atoms with van der Waals surface area (Å²) >= 11 is 0. The van der Waals surface area contributed by atoms with E-state index in [1.165, 1.54) is 24.4 Å². The molecule has 0 aliphatic carbocycles. The number of halogens is 1. The van der Waals surface area contributed by atoms with Gasteiger partial charge in [-0.1, -0.05) is 12.1 Å². The van der Waals surface area contributed by atoms with E-state index in [-0.39, 0.29) is 29.7 Å².